The minimum Gasteiger partial charge on any atom is -0.384 e. The average molecular weight is 330 g/mol. The van der Waals surface area contributed by atoms with Crippen molar-refractivity contribution in [2.45, 2.75) is 12.8 Å². The molecular formula is C19H26N2O3. The molecule has 0 N–H and O–H groups in total. The summed E-state index contributed by atoms with van der Waals surface area (Å²) in [5, 5.41) is 1.26. The molecule has 130 valence electrons. The van der Waals surface area contributed by atoms with Crippen LogP contribution in [-0.2, 0) is 27.7 Å². The monoisotopic (exact) mass is 330 g/mol. The van der Waals surface area contributed by atoms with Crippen LogP contribution >= 0.6 is 0 Å². The number of carbonyl (C=O) groups excluding carboxylic acids is 1. The largest absolute Gasteiger partial charge is 0.384 e. The van der Waals surface area contributed by atoms with Crippen LogP contribution in [0.15, 0.2) is 30.5 Å². The van der Waals surface area contributed by atoms with E-state index in [4.69, 9.17) is 9.47 Å². The molecule has 1 aromatic heterocycles. The summed E-state index contributed by atoms with van der Waals surface area (Å²) < 4.78 is 12.9. The van der Waals surface area contributed by atoms with Gasteiger partial charge in [-0.1, -0.05) is 6.07 Å². The number of rotatable bonds is 5. The first kappa shape index (κ1) is 17.0. The first-order valence-electron chi connectivity index (χ1n) is 8.56. The van der Waals surface area contributed by atoms with E-state index in [2.05, 4.69) is 42.1 Å². The summed E-state index contributed by atoms with van der Waals surface area (Å²) in [5.41, 5.74) is 2.54. The number of carbonyl (C=O) groups is 1. The molecule has 0 bridgehead atoms. The summed E-state index contributed by atoms with van der Waals surface area (Å²) in [7, 11) is 3.69. The molecule has 1 fully saturated rings. The molecule has 5 heteroatoms. The van der Waals surface area contributed by atoms with Crippen molar-refractivity contribution < 1.29 is 14.3 Å². The van der Waals surface area contributed by atoms with Crippen LogP contribution in [0.3, 0.4) is 0 Å². The molecule has 0 radical (unpaired) electrons. The minimum atomic E-state index is 0.158. The second kappa shape index (κ2) is 7.81. The van der Waals surface area contributed by atoms with Gasteiger partial charge in [-0.25, -0.2) is 0 Å². The fourth-order valence-corrected chi connectivity index (χ4v) is 3.37. The smallest absolute Gasteiger partial charge is 0.224 e. The number of methoxy groups -OCH3 is 1. The number of aryl methyl sites for hydroxylation is 1. The highest BCUT2D eigenvalue weighted by Crippen LogP contribution is 2.20. The van der Waals surface area contributed by atoms with Crippen molar-refractivity contribution in [3.8, 4) is 0 Å². The Kier molecular flexibility index (Phi) is 5.53. The summed E-state index contributed by atoms with van der Waals surface area (Å²) in [6.45, 7) is 3.24. The van der Waals surface area contributed by atoms with E-state index < -0.39 is 0 Å². The van der Waals surface area contributed by atoms with E-state index in [1.54, 1.807) is 7.11 Å². The maximum atomic E-state index is 12.3. The lowest BCUT2D eigenvalue weighted by Gasteiger charge is -2.23. The standard InChI is InChI=1S/C19H26N2O3/c1-20-7-5-17-12-15(3-4-18(17)20)11-16-13-21(8-10-24-14-16)19(22)6-9-23-2/h3-5,7,12,16H,6,8-11,13-14H2,1-2H3. The second-order valence-electron chi connectivity index (χ2n) is 6.55. The zero-order chi connectivity index (χ0) is 16.9. The fourth-order valence-electron chi connectivity index (χ4n) is 3.37. The number of hydrogen-bond donors (Lipinski definition) is 0. The Labute approximate surface area is 143 Å². The lowest BCUT2D eigenvalue weighted by Crippen LogP contribution is -2.36. The molecule has 1 aliphatic rings. The van der Waals surface area contributed by atoms with E-state index in [9.17, 15) is 4.79 Å². The van der Waals surface area contributed by atoms with Crippen LogP contribution in [0.2, 0.25) is 0 Å². The second-order valence-corrected chi connectivity index (χ2v) is 6.55. The quantitative estimate of drug-likeness (QED) is 0.844. The molecule has 1 unspecified atom stereocenters. The van der Waals surface area contributed by atoms with Crippen LogP contribution in [0.1, 0.15) is 12.0 Å². The first-order chi connectivity index (χ1) is 11.7. The van der Waals surface area contributed by atoms with Gasteiger partial charge in [0.25, 0.3) is 0 Å². The van der Waals surface area contributed by atoms with Crippen LogP contribution in [0, 0.1) is 5.92 Å². The number of fused-ring (bicyclic) bond motifs is 1. The summed E-state index contributed by atoms with van der Waals surface area (Å²) in [4.78, 5) is 14.2. The molecule has 5 nitrogen and oxygen atoms in total. The van der Waals surface area contributed by atoms with E-state index in [0.717, 1.165) is 13.0 Å². The molecule has 24 heavy (non-hydrogen) atoms. The molecule has 1 aromatic carbocycles. The van der Waals surface area contributed by atoms with Crippen LogP contribution in [-0.4, -0.2) is 55.4 Å². The predicted molar refractivity (Wildman–Crippen MR) is 94.0 cm³/mol. The van der Waals surface area contributed by atoms with Gasteiger partial charge in [0.1, 0.15) is 0 Å². The Morgan fingerprint density at radius 3 is 3.08 bits per heavy atom. The van der Waals surface area contributed by atoms with Crippen LogP contribution < -0.4 is 0 Å². The van der Waals surface area contributed by atoms with E-state index in [-0.39, 0.29) is 5.91 Å². The van der Waals surface area contributed by atoms with Gasteiger partial charge < -0.3 is 18.9 Å². The first-order valence-corrected chi connectivity index (χ1v) is 8.56. The number of nitrogens with zero attached hydrogens (tertiary/aromatic N) is 2. The zero-order valence-electron chi connectivity index (χ0n) is 14.5. The van der Waals surface area contributed by atoms with Gasteiger partial charge in [0.2, 0.25) is 5.91 Å². The van der Waals surface area contributed by atoms with E-state index >= 15 is 0 Å². The van der Waals surface area contributed by atoms with E-state index in [1.807, 2.05) is 4.90 Å². The number of ether oxygens (including phenoxy) is 2. The third kappa shape index (κ3) is 3.97. The molecule has 2 heterocycles. The zero-order valence-corrected chi connectivity index (χ0v) is 14.5. The lowest BCUT2D eigenvalue weighted by molar-refractivity contribution is -0.132. The molecule has 3 rings (SSSR count). The molecule has 1 aliphatic heterocycles. The topological polar surface area (TPSA) is 43.7 Å². The van der Waals surface area contributed by atoms with Crippen molar-refractivity contribution in [3.63, 3.8) is 0 Å². The summed E-state index contributed by atoms with van der Waals surface area (Å²) in [5.74, 6) is 0.492. The maximum absolute atomic E-state index is 12.3. The molecular weight excluding hydrogens is 304 g/mol. The molecule has 1 amide bonds. The Bertz CT molecular complexity index is 695. The highest BCUT2D eigenvalue weighted by Gasteiger charge is 2.22. The number of benzene rings is 1. The lowest BCUT2D eigenvalue weighted by atomic mass is 9.98. The Hall–Kier alpha value is -1.85. The molecule has 1 atom stereocenters. The Morgan fingerprint density at radius 2 is 2.25 bits per heavy atom. The maximum Gasteiger partial charge on any atom is 0.224 e. The van der Waals surface area contributed by atoms with Gasteiger partial charge in [-0.05, 0) is 35.6 Å². The molecule has 2 aromatic rings. The van der Waals surface area contributed by atoms with Gasteiger partial charge in [0.05, 0.1) is 26.2 Å². The minimum absolute atomic E-state index is 0.158. The number of amides is 1. The normalized spacial score (nSPS) is 18.8. The van der Waals surface area contributed by atoms with Gasteiger partial charge in [0.15, 0.2) is 0 Å². The average Bonchev–Trinajstić information content (AvgIpc) is 2.80. The van der Waals surface area contributed by atoms with Gasteiger partial charge in [-0.2, -0.15) is 0 Å². The van der Waals surface area contributed by atoms with Gasteiger partial charge in [-0.15, -0.1) is 0 Å². The van der Waals surface area contributed by atoms with Gasteiger partial charge >= 0.3 is 0 Å². The molecule has 1 saturated heterocycles. The van der Waals surface area contributed by atoms with Crippen molar-refractivity contribution >= 4 is 16.8 Å². The van der Waals surface area contributed by atoms with Crippen LogP contribution in [0.5, 0.6) is 0 Å². The van der Waals surface area contributed by atoms with E-state index in [1.165, 1.54) is 16.5 Å². The number of aromatic nitrogens is 1. The number of hydrogen-bond acceptors (Lipinski definition) is 3. The fraction of sp³-hybridized carbons (Fsp3) is 0.526. The van der Waals surface area contributed by atoms with Crippen LogP contribution in [0.4, 0.5) is 0 Å². The van der Waals surface area contributed by atoms with Crippen molar-refractivity contribution in [2.24, 2.45) is 13.0 Å². The molecule has 0 spiro atoms. The molecule has 0 saturated carbocycles. The Balaban J connectivity index is 1.66. The van der Waals surface area contributed by atoms with Crippen molar-refractivity contribution in [3.05, 3.63) is 36.0 Å². The highest BCUT2D eigenvalue weighted by molar-refractivity contribution is 5.80. The van der Waals surface area contributed by atoms with Crippen molar-refractivity contribution in [1.82, 2.24) is 9.47 Å². The van der Waals surface area contributed by atoms with Gasteiger partial charge in [-0.3, -0.25) is 4.79 Å². The van der Waals surface area contributed by atoms with E-state index in [0.29, 0.717) is 38.7 Å². The van der Waals surface area contributed by atoms with Crippen LogP contribution in [0.25, 0.3) is 10.9 Å². The van der Waals surface area contributed by atoms with Crippen molar-refractivity contribution in [1.29, 1.82) is 0 Å². The third-order valence-electron chi connectivity index (χ3n) is 4.68. The summed E-state index contributed by atoms with van der Waals surface area (Å²) in [6, 6.07) is 8.74. The molecule has 0 aliphatic carbocycles. The van der Waals surface area contributed by atoms with Gasteiger partial charge in [0, 0.05) is 44.9 Å². The summed E-state index contributed by atoms with van der Waals surface area (Å²) in [6.07, 6.45) is 3.46. The predicted octanol–water partition coefficient (Wildman–Crippen LogP) is 2.23. The Morgan fingerprint density at radius 1 is 1.38 bits per heavy atom. The summed E-state index contributed by atoms with van der Waals surface area (Å²) >= 11 is 0. The van der Waals surface area contributed by atoms with Crippen molar-refractivity contribution in [2.75, 3.05) is 40.0 Å². The highest BCUT2D eigenvalue weighted by atomic mass is 16.5. The SMILES string of the molecule is COCCC(=O)N1CCOCC(Cc2ccc3c(ccn3C)c2)C1. The third-order valence-corrected chi connectivity index (χ3v) is 4.68.